The van der Waals surface area contributed by atoms with Crippen LogP contribution in [0.5, 0.6) is 0 Å². The third kappa shape index (κ3) is 2.13. The smallest absolute Gasteiger partial charge is 0.123 e. The molecule has 0 aromatic rings. The van der Waals surface area contributed by atoms with Gasteiger partial charge in [-0.15, -0.1) is 0 Å². The van der Waals surface area contributed by atoms with Crippen LogP contribution in [0.3, 0.4) is 0 Å². The summed E-state index contributed by atoms with van der Waals surface area (Å²) in [6, 6.07) is 0. The maximum absolute atomic E-state index is 10.2. The minimum atomic E-state index is 0.442. The van der Waals surface area contributed by atoms with Crippen LogP contribution in [0.2, 0.25) is 0 Å². The fourth-order valence-electron chi connectivity index (χ4n) is 1.43. The summed E-state index contributed by atoms with van der Waals surface area (Å²) in [5, 5.41) is 0. The van der Waals surface area contributed by atoms with Crippen molar-refractivity contribution in [1.29, 1.82) is 0 Å². The van der Waals surface area contributed by atoms with E-state index in [4.69, 9.17) is 0 Å². The minimum absolute atomic E-state index is 0.442. The second-order valence-electron chi connectivity index (χ2n) is 3.29. The van der Waals surface area contributed by atoms with Gasteiger partial charge in [0, 0.05) is 5.92 Å². The predicted molar refractivity (Wildman–Crippen MR) is 41.8 cm³/mol. The van der Waals surface area contributed by atoms with Crippen molar-refractivity contribution in [1.82, 2.24) is 0 Å². The van der Waals surface area contributed by atoms with Crippen molar-refractivity contribution in [2.45, 2.75) is 39.0 Å². The Kier molecular flexibility index (Phi) is 2.91. The van der Waals surface area contributed by atoms with Gasteiger partial charge in [0.05, 0.1) is 0 Å². The van der Waals surface area contributed by atoms with Crippen LogP contribution in [0, 0.1) is 11.8 Å². The first-order valence-electron chi connectivity index (χ1n) is 4.33. The molecular weight excluding hydrogens is 124 g/mol. The van der Waals surface area contributed by atoms with Crippen LogP contribution in [0.4, 0.5) is 0 Å². The van der Waals surface area contributed by atoms with Crippen LogP contribution < -0.4 is 0 Å². The molecule has 58 valence electrons. The maximum Gasteiger partial charge on any atom is 0.123 e. The summed E-state index contributed by atoms with van der Waals surface area (Å²) in [5.41, 5.74) is 0. The minimum Gasteiger partial charge on any atom is -0.303 e. The lowest BCUT2D eigenvalue weighted by Gasteiger charge is -1.94. The Morgan fingerprint density at radius 3 is 2.80 bits per heavy atom. The molecule has 1 heteroatoms. The molecule has 2 unspecified atom stereocenters. The third-order valence-corrected chi connectivity index (χ3v) is 2.33. The van der Waals surface area contributed by atoms with Gasteiger partial charge in [0.25, 0.3) is 0 Å². The van der Waals surface area contributed by atoms with Gasteiger partial charge in [0.15, 0.2) is 0 Å². The normalized spacial score (nSPS) is 30.1. The van der Waals surface area contributed by atoms with Crippen molar-refractivity contribution in [3.05, 3.63) is 0 Å². The van der Waals surface area contributed by atoms with E-state index in [1.165, 1.54) is 32.1 Å². The monoisotopic (exact) mass is 140 g/mol. The molecule has 0 aliphatic heterocycles. The highest BCUT2D eigenvalue weighted by molar-refractivity contribution is 5.58. The summed E-state index contributed by atoms with van der Waals surface area (Å²) in [6.45, 7) is 2.21. The summed E-state index contributed by atoms with van der Waals surface area (Å²) >= 11 is 0. The van der Waals surface area contributed by atoms with E-state index in [-0.39, 0.29) is 0 Å². The quantitative estimate of drug-likeness (QED) is 0.423. The second-order valence-corrected chi connectivity index (χ2v) is 3.29. The van der Waals surface area contributed by atoms with Gasteiger partial charge in [-0.25, -0.2) is 0 Å². The molecule has 0 saturated heterocycles. The van der Waals surface area contributed by atoms with Gasteiger partial charge in [-0.2, -0.15) is 0 Å². The summed E-state index contributed by atoms with van der Waals surface area (Å²) in [5.74, 6) is 1.21. The van der Waals surface area contributed by atoms with Crippen LogP contribution in [0.25, 0.3) is 0 Å². The number of carbonyl (C=O) groups is 1. The first-order chi connectivity index (χ1) is 4.88. The Morgan fingerprint density at radius 2 is 2.30 bits per heavy atom. The molecule has 0 aromatic carbocycles. The second kappa shape index (κ2) is 3.75. The van der Waals surface area contributed by atoms with Gasteiger partial charge in [0.2, 0.25) is 0 Å². The fourth-order valence-corrected chi connectivity index (χ4v) is 1.43. The van der Waals surface area contributed by atoms with Gasteiger partial charge in [0.1, 0.15) is 6.29 Å². The molecular formula is C9H16O. The summed E-state index contributed by atoms with van der Waals surface area (Å²) in [7, 11) is 0. The molecule has 0 spiro atoms. The predicted octanol–water partition coefficient (Wildman–Crippen LogP) is 2.40. The van der Waals surface area contributed by atoms with E-state index >= 15 is 0 Å². The average Bonchev–Trinajstić information content (AvgIpc) is 2.68. The molecule has 1 aliphatic rings. The standard InChI is InChI=1S/C9H16O/c1-2-3-4-5-8-6-9(8)7-10/h7-9H,2-6H2,1H3. The van der Waals surface area contributed by atoms with Crippen molar-refractivity contribution in [3.8, 4) is 0 Å². The molecule has 0 bridgehead atoms. The zero-order chi connectivity index (χ0) is 7.40. The number of aldehydes is 1. The van der Waals surface area contributed by atoms with Crippen molar-refractivity contribution in [2.24, 2.45) is 11.8 Å². The first-order valence-corrected chi connectivity index (χ1v) is 4.33. The summed E-state index contributed by atoms with van der Waals surface area (Å²) in [6.07, 6.45) is 7.53. The molecule has 1 rings (SSSR count). The molecule has 0 amide bonds. The Bertz CT molecular complexity index is 109. The molecule has 1 aliphatic carbocycles. The molecule has 0 aromatic heterocycles. The Hall–Kier alpha value is -0.330. The average molecular weight is 140 g/mol. The van der Waals surface area contributed by atoms with E-state index in [2.05, 4.69) is 6.92 Å². The zero-order valence-corrected chi connectivity index (χ0v) is 6.68. The Labute approximate surface area is 62.8 Å². The highest BCUT2D eigenvalue weighted by atomic mass is 16.1. The summed E-state index contributed by atoms with van der Waals surface area (Å²) < 4.78 is 0. The number of unbranched alkanes of at least 4 members (excludes halogenated alkanes) is 2. The van der Waals surface area contributed by atoms with Gasteiger partial charge in [-0.1, -0.05) is 26.2 Å². The molecule has 1 nitrogen and oxygen atoms in total. The van der Waals surface area contributed by atoms with E-state index in [0.29, 0.717) is 5.92 Å². The molecule has 0 N–H and O–H groups in total. The van der Waals surface area contributed by atoms with Crippen LogP contribution in [0.15, 0.2) is 0 Å². The van der Waals surface area contributed by atoms with E-state index < -0.39 is 0 Å². The number of hydrogen-bond acceptors (Lipinski definition) is 1. The van der Waals surface area contributed by atoms with E-state index in [1.807, 2.05) is 0 Å². The van der Waals surface area contributed by atoms with Crippen LogP contribution >= 0.6 is 0 Å². The Balaban J connectivity index is 1.91. The third-order valence-electron chi connectivity index (χ3n) is 2.33. The highest BCUT2D eigenvalue weighted by Crippen LogP contribution is 2.40. The van der Waals surface area contributed by atoms with Gasteiger partial charge in [-0.05, 0) is 18.8 Å². The maximum atomic E-state index is 10.2. The summed E-state index contributed by atoms with van der Waals surface area (Å²) in [4.78, 5) is 10.2. The van der Waals surface area contributed by atoms with Crippen LogP contribution in [-0.4, -0.2) is 6.29 Å². The van der Waals surface area contributed by atoms with Gasteiger partial charge < -0.3 is 4.79 Å². The van der Waals surface area contributed by atoms with Gasteiger partial charge >= 0.3 is 0 Å². The largest absolute Gasteiger partial charge is 0.303 e. The number of carbonyl (C=O) groups excluding carboxylic acids is 1. The topological polar surface area (TPSA) is 17.1 Å². The molecule has 1 fully saturated rings. The SMILES string of the molecule is CCCCCC1CC1C=O. The highest BCUT2D eigenvalue weighted by Gasteiger charge is 2.35. The van der Waals surface area contributed by atoms with Crippen LogP contribution in [0.1, 0.15) is 39.0 Å². The lowest BCUT2D eigenvalue weighted by molar-refractivity contribution is -0.109. The van der Waals surface area contributed by atoms with Crippen molar-refractivity contribution < 1.29 is 4.79 Å². The fraction of sp³-hybridized carbons (Fsp3) is 0.889. The van der Waals surface area contributed by atoms with Crippen molar-refractivity contribution in [2.75, 3.05) is 0 Å². The first kappa shape index (κ1) is 7.77. The molecule has 0 heterocycles. The molecule has 0 radical (unpaired) electrons. The zero-order valence-electron chi connectivity index (χ0n) is 6.68. The molecule has 10 heavy (non-hydrogen) atoms. The van der Waals surface area contributed by atoms with E-state index in [9.17, 15) is 4.79 Å². The lowest BCUT2D eigenvalue weighted by atomic mass is 10.1. The van der Waals surface area contributed by atoms with Crippen molar-refractivity contribution >= 4 is 6.29 Å². The van der Waals surface area contributed by atoms with E-state index in [1.54, 1.807) is 0 Å². The molecule has 2 atom stereocenters. The molecule has 1 saturated carbocycles. The van der Waals surface area contributed by atoms with Crippen LogP contribution in [-0.2, 0) is 4.79 Å². The lowest BCUT2D eigenvalue weighted by Crippen LogP contribution is -1.83. The number of hydrogen-bond donors (Lipinski definition) is 0. The van der Waals surface area contributed by atoms with Gasteiger partial charge in [-0.3, -0.25) is 0 Å². The Morgan fingerprint density at radius 1 is 1.50 bits per heavy atom. The number of rotatable bonds is 5. The van der Waals surface area contributed by atoms with E-state index in [0.717, 1.165) is 12.2 Å². The van der Waals surface area contributed by atoms with Crippen molar-refractivity contribution in [3.63, 3.8) is 0 Å².